The van der Waals surface area contributed by atoms with Crippen LogP contribution in [0, 0.1) is 0 Å². The highest BCUT2D eigenvalue weighted by Gasteiger charge is 2.15. The van der Waals surface area contributed by atoms with Crippen molar-refractivity contribution in [1.82, 2.24) is 30.2 Å². The summed E-state index contributed by atoms with van der Waals surface area (Å²) in [5.41, 5.74) is 3.52. The minimum absolute atomic E-state index is 0.273. The molecular formula is C22H26N6O3. The SMILES string of the molecule is CC(C)(C)OC(=O)NCCNCc1cc2n[nH]c(=O)n2c2cc(-c3ccc[nH]3)ccc12. The number of benzene rings is 1. The number of hydrogen-bond donors (Lipinski definition) is 4. The van der Waals surface area contributed by atoms with E-state index in [1.54, 1.807) is 4.40 Å². The van der Waals surface area contributed by atoms with Gasteiger partial charge in [0.25, 0.3) is 0 Å². The number of nitrogens with one attached hydrogen (secondary N) is 4. The van der Waals surface area contributed by atoms with E-state index in [-0.39, 0.29) is 5.69 Å². The fraction of sp³-hybridized carbons (Fsp3) is 0.318. The van der Waals surface area contributed by atoms with E-state index in [1.165, 1.54) is 0 Å². The third-order valence-electron chi connectivity index (χ3n) is 4.78. The Morgan fingerprint density at radius 3 is 2.77 bits per heavy atom. The van der Waals surface area contributed by atoms with Crippen molar-refractivity contribution in [2.24, 2.45) is 0 Å². The summed E-state index contributed by atoms with van der Waals surface area (Å²) in [6.07, 6.45) is 1.43. The molecule has 3 heterocycles. The minimum atomic E-state index is -0.521. The predicted octanol–water partition coefficient (Wildman–Crippen LogP) is 2.79. The lowest BCUT2D eigenvalue weighted by Gasteiger charge is -2.19. The lowest BCUT2D eigenvalue weighted by molar-refractivity contribution is 0.0528. The molecule has 31 heavy (non-hydrogen) atoms. The predicted molar refractivity (Wildman–Crippen MR) is 119 cm³/mol. The summed E-state index contributed by atoms with van der Waals surface area (Å²) in [6.45, 7) is 7.05. The highest BCUT2D eigenvalue weighted by atomic mass is 16.6. The second kappa shape index (κ2) is 8.27. The van der Waals surface area contributed by atoms with E-state index in [2.05, 4.69) is 25.8 Å². The average Bonchev–Trinajstić information content (AvgIpc) is 3.36. The van der Waals surface area contributed by atoms with Crippen molar-refractivity contribution in [2.45, 2.75) is 32.9 Å². The summed E-state index contributed by atoms with van der Waals surface area (Å²) in [6, 6.07) is 11.8. The number of fused-ring (bicyclic) bond motifs is 3. The Morgan fingerprint density at radius 2 is 2.03 bits per heavy atom. The van der Waals surface area contributed by atoms with Crippen molar-refractivity contribution < 1.29 is 9.53 Å². The number of carbonyl (C=O) groups excluding carboxylic acids is 1. The molecule has 0 aliphatic heterocycles. The van der Waals surface area contributed by atoms with E-state index in [0.717, 1.165) is 27.7 Å². The van der Waals surface area contributed by atoms with Crippen LogP contribution in [0.2, 0.25) is 0 Å². The van der Waals surface area contributed by atoms with Crippen molar-refractivity contribution in [1.29, 1.82) is 0 Å². The second-order valence-electron chi connectivity index (χ2n) is 8.31. The van der Waals surface area contributed by atoms with Crippen molar-refractivity contribution in [2.75, 3.05) is 13.1 Å². The largest absolute Gasteiger partial charge is 0.444 e. The molecule has 4 aromatic rings. The van der Waals surface area contributed by atoms with Gasteiger partial charge in [0.1, 0.15) is 5.60 Å². The van der Waals surface area contributed by atoms with Gasteiger partial charge in [-0.15, -0.1) is 0 Å². The topological polar surface area (TPSA) is 116 Å². The standard InChI is InChI=1S/C22H26N6O3/c1-22(2,3)31-21(30)25-10-9-23-13-15-12-19-26-27-20(29)28(19)18-11-14(6-7-16(15)18)17-5-4-8-24-17/h4-8,11-12,23-24H,9-10,13H2,1-3H3,(H,25,30)(H,27,29). The van der Waals surface area contributed by atoms with E-state index in [0.29, 0.717) is 25.3 Å². The fourth-order valence-electron chi connectivity index (χ4n) is 3.47. The van der Waals surface area contributed by atoms with Gasteiger partial charge in [-0.1, -0.05) is 12.1 Å². The zero-order valence-corrected chi connectivity index (χ0v) is 17.8. The Morgan fingerprint density at radius 1 is 1.19 bits per heavy atom. The van der Waals surface area contributed by atoms with Crippen LogP contribution >= 0.6 is 0 Å². The molecule has 1 aromatic carbocycles. The first-order chi connectivity index (χ1) is 14.8. The number of amides is 1. The van der Waals surface area contributed by atoms with E-state index in [4.69, 9.17) is 4.74 Å². The molecule has 0 saturated carbocycles. The fourth-order valence-corrected chi connectivity index (χ4v) is 3.47. The lowest BCUT2D eigenvalue weighted by atomic mass is 10.0. The maximum absolute atomic E-state index is 12.3. The summed E-state index contributed by atoms with van der Waals surface area (Å²) in [5.74, 6) is 0. The molecule has 0 fully saturated rings. The maximum Gasteiger partial charge on any atom is 0.407 e. The van der Waals surface area contributed by atoms with E-state index in [1.807, 2.05) is 63.4 Å². The van der Waals surface area contributed by atoms with Gasteiger partial charge in [-0.3, -0.25) is 0 Å². The maximum atomic E-state index is 12.3. The van der Waals surface area contributed by atoms with Crippen molar-refractivity contribution in [3.8, 4) is 11.3 Å². The van der Waals surface area contributed by atoms with Crippen LogP contribution in [0.4, 0.5) is 4.79 Å². The van der Waals surface area contributed by atoms with E-state index in [9.17, 15) is 9.59 Å². The molecule has 9 heteroatoms. The van der Waals surface area contributed by atoms with Crippen LogP contribution in [0.3, 0.4) is 0 Å². The van der Waals surface area contributed by atoms with Gasteiger partial charge in [-0.2, -0.15) is 5.10 Å². The quantitative estimate of drug-likeness (QED) is 0.357. The van der Waals surface area contributed by atoms with E-state index >= 15 is 0 Å². The number of ether oxygens (including phenoxy) is 1. The summed E-state index contributed by atoms with van der Waals surface area (Å²) >= 11 is 0. The Bertz CT molecular complexity index is 1260. The van der Waals surface area contributed by atoms with Gasteiger partial charge in [0, 0.05) is 42.5 Å². The zero-order valence-electron chi connectivity index (χ0n) is 17.8. The molecule has 0 saturated heterocycles. The lowest BCUT2D eigenvalue weighted by Crippen LogP contribution is -2.36. The Kier molecular flexibility index (Phi) is 5.51. The molecule has 9 nitrogen and oxygen atoms in total. The number of carbonyl (C=O) groups is 1. The van der Waals surface area contributed by atoms with Crippen molar-refractivity contribution in [3.05, 3.63) is 58.6 Å². The molecule has 0 radical (unpaired) electrons. The average molecular weight is 422 g/mol. The number of H-pyrrole nitrogens is 2. The second-order valence-corrected chi connectivity index (χ2v) is 8.31. The first-order valence-electron chi connectivity index (χ1n) is 10.2. The van der Waals surface area contributed by atoms with E-state index < -0.39 is 11.7 Å². The molecule has 0 aliphatic carbocycles. The summed E-state index contributed by atoms with van der Waals surface area (Å²) in [5, 5.41) is 13.7. The van der Waals surface area contributed by atoms with Gasteiger partial charge in [0.05, 0.1) is 5.52 Å². The number of pyridine rings is 1. The molecule has 1 amide bonds. The highest BCUT2D eigenvalue weighted by Crippen LogP contribution is 2.26. The highest BCUT2D eigenvalue weighted by molar-refractivity contribution is 5.89. The third kappa shape index (κ3) is 4.61. The monoisotopic (exact) mass is 422 g/mol. The molecule has 0 unspecified atom stereocenters. The Balaban J connectivity index is 1.52. The Labute approximate surface area is 178 Å². The number of alkyl carbamates (subject to hydrolysis) is 1. The van der Waals surface area contributed by atoms with Crippen LogP contribution in [0.1, 0.15) is 26.3 Å². The molecule has 0 bridgehead atoms. The van der Waals surface area contributed by atoms with Gasteiger partial charge < -0.3 is 20.4 Å². The molecule has 4 rings (SSSR count). The van der Waals surface area contributed by atoms with Gasteiger partial charge in [-0.25, -0.2) is 19.1 Å². The number of hydrogen-bond acceptors (Lipinski definition) is 5. The number of aromatic amines is 2. The summed E-state index contributed by atoms with van der Waals surface area (Å²) < 4.78 is 6.81. The van der Waals surface area contributed by atoms with Crippen LogP contribution in [0.25, 0.3) is 27.8 Å². The van der Waals surface area contributed by atoms with Crippen LogP contribution in [-0.2, 0) is 11.3 Å². The number of rotatable bonds is 6. The van der Waals surface area contributed by atoms with Gasteiger partial charge in [0.2, 0.25) is 0 Å². The van der Waals surface area contributed by atoms with Crippen LogP contribution < -0.4 is 16.3 Å². The molecule has 4 N–H and O–H groups in total. The van der Waals surface area contributed by atoms with Crippen molar-refractivity contribution >= 4 is 22.6 Å². The first-order valence-corrected chi connectivity index (χ1v) is 10.2. The Hall–Kier alpha value is -3.59. The summed E-state index contributed by atoms with van der Waals surface area (Å²) in [7, 11) is 0. The number of nitrogens with zero attached hydrogens (tertiary/aromatic N) is 2. The minimum Gasteiger partial charge on any atom is -0.444 e. The van der Waals surface area contributed by atoms with Gasteiger partial charge >= 0.3 is 11.8 Å². The molecule has 3 aromatic heterocycles. The van der Waals surface area contributed by atoms with Crippen molar-refractivity contribution in [3.63, 3.8) is 0 Å². The number of aromatic nitrogens is 4. The van der Waals surface area contributed by atoms with Gasteiger partial charge in [0.15, 0.2) is 5.65 Å². The smallest absolute Gasteiger partial charge is 0.407 e. The zero-order chi connectivity index (χ0) is 22.0. The molecular weight excluding hydrogens is 396 g/mol. The van der Waals surface area contributed by atoms with Crippen LogP contribution in [-0.4, -0.2) is 44.4 Å². The first kappa shape index (κ1) is 20.7. The van der Waals surface area contributed by atoms with Gasteiger partial charge in [-0.05, 0) is 50.6 Å². The van der Waals surface area contributed by atoms with Crippen LogP contribution in [0.5, 0.6) is 0 Å². The molecule has 162 valence electrons. The third-order valence-corrected chi connectivity index (χ3v) is 4.78. The summed E-state index contributed by atoms with van der Waals surface area (Å²) in [4.78, 5) is 27.3. The normalized spacial score (nSPS) is 11.8. The molecule has 0 atom stereocenters. The molecule has 0 spiro atoms. The molecule has 0 aliphatic rings. The van der Waals surface area contributed by atoms with Crippen LogP contribution in [0.15, 0.2) is 47.4 Å².